The zero-order chi connectivity index (χ0) is 15.3. The number of ether oxygens (including phenoxy) is 1. The second-order valence-electron chi connectivity index (χ2n) is 6.04. The lowest BCUT2D eigenvalue weighted by Gasteiger charge is -2.39. The highest BCUT2D eigenvalue weighted by Crippen LogP contribution is 2.19. The number of alkyl halides is 1. The normalized spacial score (nSPS) is 19.6. The minimum atomic E-state index is -0.500. The molecule has 116 valence electrons. The van der Waals surface area contributed by atoms with Gasteiger partial charge in [0.25, 0.3) is 0 Å². The molecule has 5 nitrogen and oxygen atoms in total. The van der Waals surface area contributed by atoms with Crippen molar-refractivity contribution in [3.05, 3.63) is 0 Å². The first-order chi connectivity index (χ1) is 9.28. The number of rotatable bonds is 3. The first-order valence-electron chi connectivity index (χ1n) is 7.12. The number of amides is 2. The highest BCUT2D eigenvalue weighted by atomic mass is 35.5. The Kier molecular flexibility index (Phi) is 6.11. The number of likely N-dealkylation sites (tertiary alicyclic amines) is 1. The molecule has 2 amide bonds. The molecule has 0 bridgehead atoms. The van der Waals surface area contributed by atoms with Gasteiger partial charge in [-0.05, 0) is 40.5 Å². The summed E-state index contributed by atoms with van der Waals surface area (Å²) in [5, 5.41) is 0. The van der Waals surface area contributed by atoms with Crippen molar-refractivity contribution in [2.24, 2.45) is 0 Å². The second kappa shape index (κ2) is 7.16. The summed E-state index contributed by atoms with van der Waals surface area (Å²) in [6, 6.07) is 0.0347. The number of halogens is 1. The van der Waals surface area contributed by atoms with Gasteiger partial charge in [0.15, 0.2) is 0 Å². The Morgan fingerprint density at radius 2 is 2.05 bits per heavy atom. The standard InChI is InChI=1S/C14H25ClN2O3/c1-5-17(12(18)9-15)11-7-6-8-16(10-11)13(19)20-14(2,3)4/h11H,5-10H2,1-4H3/t11-/m0/s1. The maximum absolute atomic E-state index is 12.1. The summed E-state index contributed by atoms with van der Waals surface area (Å²) < 4.78 is 5.38. The second-order valence-corrected chi connectivity index (χ2v) is 6.30. The van der Waals surface area contributed by atoms with Gasteiger partial charge in [0.2, 0.25) is 5.91 Å². The number of carbonyl (C=O) groups is 2. The monoisotopic (exact) mass is 304 g/mol. The maximum Gasteiger partial charge on any atom is 0.410 e. The molecular formula is C14H25ClN2O3. The van der Waals surface area contributed by atoms with Crippen molar-refractivity contribution >= 4 is 23.6 Å². The van der Waals surface area contributed by atoms with E-state index in [-0.39, 0.29) is 23.9 Å². The average molecular weight is 305 g/mol. The van der Waals surface area contributed by atoms with Gasteiger partial charge in [-0.15, -0.1) is 11.6 Å². The van der Waals surface area contributed by atoms with Crippen LogP contribution >= 0.6 is 11.6 Å². The molecule has 1 fully saturated rings. The van der Waals surface area contributed by atoms with Crippen LogP contribution in [0.2, 0.25) is 0 Å². The van der Waals surface area contributed by atoms with Crippen LogP contribution in [0, 0.1) is 0 Å². The van der Waals surface area contributed by atoms with Crippen molar-refractivity contribution in [3.63, 3.8) is 0 Å². The molecule has 0 N–H and O–H groups in total. The summed E-state index contributed by atoms with van der Waals surface area (Å²) in [5.74, 6) is -0.0956. The molecule has 1 saturated heterocycles. The molecule has 0 aromatic carbocycles. The van der Waals surface area contributed by atoms with E-state index in [1.807, 2.05) is 27.7 Å². The van der Waals surface area contributed by atoms with Crippen molar-refractivity contribution in [2.45, 2.75) is 52.2 Å². The van der Waals surface area contributed by atoms with Crippen molar-refractivity contribution in [3.8, 4) is 0 Å². The van der Waals surface area contributed by atoms with Gasteiger partial charge in [0.05, 0.1) is 0 Å². The van der Waals surface area contributed by atoms with Crippen LogP contribution in [0.4, 0.5) is 4.79 Å². The molecule has 0 aromatic rings. The SMILES string of the molecule is CCN(C(=O)CCl)[C@H]1CCCN(C(=O)OC(C)(C)C)C1. The van der Waals surface area contributed by atoms with Gasteiger partial charge >= 0.3 is 6.09 Å². The van der Waals surface area contributed by atoms with E-state index in [2.05, 4.69) is 0 Å². The molecule has 1 heterocycles. The maximum atomic E-state index is 12.1. The van der Waals surface area contributed by atoms with E-state index < -0.39 is 5.60 Å². The van der Waals surface area contributed by atoms with E-state index in [9.17, 15) is 9.59 Å². The van der Waals surface area contributed by atoms with Crippen molar-refractivity contribution in [1.29, 1.82) is 0 Å². The van der Waals surface area contributed by atoms with Gasteiger partial charge in [0.1, 0.15) is 11.5 Å². The van der Waals surface area contributed by atoms with Gasteiger partial charge in [-0.25, -0.2) is 4.79 Å². The largest absolute Gasteiger partial charge is 0.444 e. The first-order valence-corrected chi connectivity index (χ1v) is 7.65. The third-order valence-corrected chi connectivity index (χ3v) is 3.49. The Labute approximate surface area is 126 Å². The molecule has 0 unspecified atom stereocenters. The Morgan fingerprint density at radius 3 is 2.55 bits per heavy atom. The molecule has 20 heavy (non-hydrogen) atoms. The van der Waals surface area contributed by atoms with E-state index in [1.54, 1.807) is 9.80 Å². The van der Waals surface area contributed by atoms with Crippen LogP contribution in [0.5, 0.6) is 0 Å². The van der Waals surface area contributed by atoms with Crippen molar-refractivity contribution in [2.75, 3.05) is 25.5 Å². The lowest BCUT2D eigenvalue weighted by molar-refractivity contribution is -0.131. The zero-order valence-corrected chi connectivity index (χ0v) is 13.6. The molecule has 0 spiro atoms. The number of carbonyl (C=O) groups excluding carboxylic acids is 2. The summed E-state index contributed by atoms with van der Waals surface area (Å²) in [6.07, 6.45) is 1.46. The van der Waals surface area contributed by atoms with Crippen LogP contribution in [0.15, 0.2) is 0 Å². The lowest BCUT2D eigenvalue weighted by atomic mass is 10.0. The first kappa shape index (κ1) is 17.1. The molecule has 1 atom stereocenters. The van der Waals surface area contributed by atoms with Crippen LogP contribution in [0.25, 0.3) is 0 Å². The molecule has 0 aliphatic carbocycles. The lowest BCUT2D eigenvalue weighted by Crippen LogP contribution is -2.52. The smallest absolute Gasteiger partial charge is 0.410 e. The Hall–Kier alpha value is -0.970. The summed E-state index contributed by atoms with van der Waals surface area (Å²) in [6.45, 7) is 9.28. The molecule has 1 aliphatic heterocycles. The van der Waals surface area contributed by atoms with Crippen LogP contribution in [-0.4, -0.2) is 59.0 Å². The summed E-state index contributed by atoms with van der Waals surface area (Å²) in [5.41, 5.74) is -0.500. The third kappa shape index (κ3) is 4.85. The fourth-order valence-electron chi connectivity index (χ4n) is 2.42. The van der Waals surface area contributed by atoms with E-state index in [0.717, 1.165) is 12.8 Å². The minimum Gasteiger partial charge on any atom is -0.444 e. The van der Waals surface area contributed by atoms with Crippen molar-refractivity contribution in [1.82, 2.24) is 9.80 Å². The molecule has 0 radical (unpaired) electrons. The van der Waals surface area contributed by atoms with Gasteiger partial charge in [-0.2, -0.15) is 0 Å². The molecule has 6 heteroatoms. The van der Waals surface area contributed by atoms with E-state index in [4.69, 9.17) is 16.3 Å². The molecule has 1 aliphatic rings. The Morgan fingerprint density at radius 1 is 1.40 bits per heavy atom. The van der Waals surface area contributed by atoms with Gasteiger partial charge < -0.3 is 14.5 Å². The molecular weight excluding hydrogens is 280 g/mol. The Bertz CT molecular complexity index is 355. The third-order valence-electron chi connectivity index (χ3n) is 3.26. The summed E-state index contributed by atoms with van der Waals surface area (Å²) >= 11 is 5.63. The topological polar surface area (TPSA) is 49.9 Å². The van der Waals surface area contributed by atoms with Crippen LogP contribution in [0.3, 0.4) is 0 Å². The predicted molar refractivity (Wildman–Crippen MR) is 78.9 cm³/mol. The highest BCUT2D eigenvalue weighted by molar-refractivity contribution is 6.27. The minimum absolute atomic E-state index is 0.0171. The fraction of sp³-hybridized carbons (Fsp3) is 0.857. The van der Waals surface area contributed by atoms with Crippen LogP contribution < -0.4 is 0 Å². The zero-order valence-electron chi connectivity index (χ0n) is 12.8. The van der Waals surface area contributed by atoms with Gasteiger partial charge in [0, 0.05) is 25.7 Å². The van der Waals surface area contributed by atoms with Crippen LogP contribution in [0.1, 0.15) is 40.5 Å². The summed E-state index contributed by atoms with van der Waals surface area (Å²) in [7, 11) is 0. The average Bonchev–Trinajstić information content (AvgIpc) is 2.37. The number of nitrogens with zero attached hydrogens (tertiary/aromatic N) is 2. The predicted octanol–water partition coefficient (Wildman–Crippen LogP) is 2.47. The number of likely N-dealkylation sites (N-methyl/N-ethyl adjacent to an activating group) is 1. The summed E-state index contributed by atoms with van der Waals surface area (Å²) in [4.78, 5) is 27.3. The highest BCUT2D eigenvalue weighted by Gasteiger charge is 2.31. The number of hydrogen-bond acceptors (Lipinski definition) is 3. The Balaban J connectivity index is 2.66. The van der Waals surface area contributed by atoms with E-state index in [0.29, 0.717) is 19.6 Å². The van der Waals surface area contributed by atoms with Crippen molar-refractivity contribution < 1.29 is 14.3 Å². The van der Waals surface area contributed by atoms with E-state index >= 15 is 0 Å². The number of hydrogen-bond donors (Lipinski definition) is 0. The van der Waals surface area contributed by atoms with E-state index in [1.165, 1.54) is 0 Å². The number of piperidine rings is 1. The fourth-order valence-corrected chi connectivity index (χ4v) is 2.57. The quantitative estimate of drug-likeness (QED) is 0.753. The van der Waals surface area contributed by atoms with Crippen LogP contribution in [-0.2, 0) is 9.53 Å². The molecule has 0 aromatic heterocycles. The van der Waals surface area contributed by atoms with Gasteiger partial charge in [-0.1, -0.05) is 0 Å². The van der Waals surface area contributed by atoms with Gasteiger partial charge in [-0.3, -0.25) is 4.79 Å². The molecule has 1 rings (SSSR count). The molecule has 0 saturated carbocycles.